The van der Waals surface area contributed by atoms with Crippen molar-refractivity contribution in [3.63, 3.8) is 0 Å². The van der Waals surface area contributed by atoms with Crippen LogP contribution in [0, 0.1) is 6.07 Å². The smallest absolute Gasteiger partial charge is 0.115 e. The van der Waals surface area contributed by atoms with Gasteiger partial charge in [-0.05, 0) is 35.7 Å². The van der Waals surface area contributed by atoms with Crippen molar-refractivity contribution in [2.75, 3.05) is 0 Å². The van der Waals surface area contributed by atoms with Crippen molar-refractivity contribution in [3.8, 4) is 5.75 Å². The maximum Gasteiger partial charge on any atom is 0.115 e. The Hall–Kier alpha value is -1.76. The highest BCUT2D eigenvalue weighted by molar-refractivity contribution is 5.30. The fourth-order valence-electron chi connectivity index (χ4n) is 1.39. The summed E-state index contributed by atoms with van der Waals surface area (Å²) in [6, 6.07) is 18.2. The molecule has 0 amide bonds. The first kappa shape index (κ1) is 8.82. The lowest BCUT2D eigenvalue weighted by atomic mass is 10.1. The second kappa shape index (κ2) is 3.97. The standard InChI is InChI=1S/C13H11O/c14-13-8-6-12(7-9-13)10-11-4-2-1-3-5-11/h2-9,14H,10H2. The first-order chi connectivity index (χ1) is 6.84. The largest absolute Gasteiger partial charge is 0.508 e. The van der Waals surface area contributed by atoms with Gasteiger partial charge >= 0.3 is 0 Å². The predicted molar refractivity (Wildman–Crippen MR) is 56.2 cm³/mol. The van der Waals surface area contributed by atoms with Gasteiger partial charge in [-0.2, -0.15) is 0 Å². The van der Waals surface area contributed by atoms with E-state index in [9.17, 15) is 0 Å². The Labute approximate surface area is 83.6 Å². The highest BCUT2D eigenvalue weighted by Gasteiger charge is 1.95. The number of phenols is 1. The van der Waals surface area contributed by atoms with E-state index in [1.54, 1.807) is 12.1 Å². The Morgan fingerprint density at radius 2 is 1.43 bits per heavy atom. The van der Waals surface area contributed by atoms with Crippen molar-refractivity contribution in [2.24, 2.45) is 0 Å². The van der Waals surface area contributed by atoms with Crippen LogP contribution in [-0.2, 0) is 6.42 Å². The van der Waals surface area contributed by atoms with Gasteiger partial charge in [0.25, 0.3) is 0 Å². The molecule has 1 radical (unpaired) electrons. The summed E-state index contributed by atoms with van der Waals surface area (Å²) in [5.41, 5.74) is 2.46. The Balaban J connectivity index is 2.16. The molecule has 2 aromatic carbocycles. The van der Waals surface area contributed by atoms with E-state index in [0.717, 1.165) is 6.42 Å². The van der Waals surface area contributed by atoms with Crippen molar-refractivity contribution in [1.82, 2.24) is 0 Å². The molecule has 0 heterocycles. The van der Waals surface area contributed by atoms with Crippen molar-refractivity contribution in [3.05, 3.63) is 65.7 Å². The molecule has 2 aromatic rings. The van der Waals surface area contributed by atoms with Gasteiger partial charge in [0.1, 0.15) is 5.75 Å². The van der Waals surface area contributed by atoms with Crippen LogP contribution < -0.4 is 0 Å². The highest BCUT2D eigenvalue weighted by atomic mass is 16.3. The van der Waals surface area contributed by atoms with Gasteiger partial charge in [0.2, 0.25) is 0 Å². The van der Waals surface area contributed by atoms with Crippen LogP contribution in [0.2, 0.25) is 0 Å². The number of benzene rings is 2. The van der Waals surface area contributed by atoms with Crippen LogP contribution in [0.5, 0.6) is 5.75 Å². The highest BCUT2D eigenvalue weighted by Crippen LogP contribution is 2.13. The summed E-state index contributed by atoms with van der Waals surface area (Å²) in [4.78, 5) is 0. The molecule has 2 rings (SSSR count). The van der Waals surface area contributed by atoms with Crippen molar-refractivity contribution >= 4 is 0 Å². The van der Waals surface area contributed by atoms with Crippen LogP contribution >= 0.6 is 0 Å². The van der Waals surface area contributed by atoms with Crippen LogP contribution in [0.15, 0.2) is 48.5 Å². The van der Waals surface area contributed by atoms with Crippen LogP contribution in [0.4, 0.5) is 0 Å². The summed E-state index contributed by atoms with van der Waals surface area (Å²) in [6.07, 6.45) is 0.898. The molecule has 1 nitrogen and oxygen atoms in total. The van der Waals surface area contributed by atoms with Crippen molar-refractivity contribution in [1.29, 1.82) is 0 Å². The van der Waals surface area contributed by atoms with Crippen LogP contribution in [0.3, 0.4) is 0 Å². The van der Waals surface area contributed by atoms with Crippen molar-refractivity contribution < 1.29 is 5.11 Å². The summed E-state index contributed by atoms with van der Waals surface area (Å²) in [7, 11) is 0. The third-order valence-corrected chi connectivity index (χ3v) is 2.13. The summed E-state index contributed by atoms with van der Waals surface area (Å²) >= 11 is 0. The zero-order valence-corrected chi connectivity index (χ0v) is 7.77. The topological polar surface area (TPSA) is 20.2 Å². The fourth-order valence-corrected chi connectivity index (χ4v) is 1.39. The molecular weight excluding hydrogens is 172 g/mol. The van der Waals surface area contributed by atoms with Crippen LogP contribution in [-0.4, -0.2) is 5.11 Å². The molecule has 69 valence electrons. The lowest BCUT2D eigenvalue weighted by Gasteiger charge is -2.01. The summed E-state index contributed by atoms with van der Waals surface area (Å²) in [6.45, 7) is 0. The summed E-state index contributed by atoms with van der Waals surface area (Å²) in [5, 5.41) is 9.12. The van der Waals surface area contributed by atoms with Gasteiger partial charge in [-0.3, -0.25) is 0 Å². The molecule has 0 saturated carbocycles. The molecule has 0 aliphatic carbocycles. The molecule has 0 aliphatic rings. The normalized spacial score (nSPS) is 10.0. The third kappa shape index (κ3) is 2.13. The first-order valence-electron chi connectivity index (χ1n) is 4.57. The minimum atomic E-state index is 0.315. The maximum absolute atomic E-state index is 9.12. The minimum Gasteiger partial charge on any atom is -0.508 e. The average Bonchev–Trinajstić information content (AvgIpc) is 2.23. The van der Waals surface area contributed by atoms with E-state index in [1.165, 1.54) is 11.1 Å². The molecule has 0 saturated heterocycles. The molecule has 0 fully saturated rings. The quantitative estimate of drug-likeness (QED) is 0.759. The molecular formula is C13H11O. The molecule has 1 N–H and O–H groups in total. The first-order valence-corrected chi connectivity index (χ1v) is 4.57. The molecule has 0 bridgehead atoms. The van der Waals surface area contributed by atoms with Gasteiger partial charge in [0.15, 0.2) is 0 Å². The summed E-state index contributed by atoms with van der Waals surface area (Å²) < 4.78 is 0. The van der Waals surface area contributed by atoms with Gasteiger partial charge in [0, 0.05) is 0 Å². The fraction of sp³-hybridized carbons (Fsp3) is 0.0769. The SMILES string of the molecule is Oc1ccc(Cc2cc[c]cc2)cc1. The van der Waals surface area contributed by atoms with E-state index in [1.807, 2.05) is 36.4 Å². The Morgan fingerprint density at radius 1 is 0.857 bits per heavy atom. The van der Waals surface area contributed by atoms with Gasteiger partial charge < -0.3 is 5.11 Å². The summed E-state index contributed by atoms with van der Waals surface area (Å²) in [5.74, 6) is 0.315. The zero-order chi connectivity index (χ0) is 9.80. The molecule has 1 heteroatoms. The average molecular weight is 183 g/mol. The van der Waals surface area contributed by atoms with Gasteiger partial charge in [-0.15, -0.1) is 0 Å². The number of hydrogen-bond acceptors (Lipinski definition) is 1. The molecule has 0 unspecified atom stereocenters. The third-order valence-electron chi connectivity index (χ3n) is 2.13. The molecule has 0 atom stereocenters. The van der Waals surface area contributed by atoms with E-state index in [0.29, 0.717) is 5.75 Å². The molecule has 0 aromatic heterocycles. The van der Waals surface area contributed by atoms with Gasteiger partial charge in [-0.1, -0.05) is 36.4 Å². The number of aromatic hydroxyl groups is 1. The van der Waals surface area contributed by atoms with E-state index in [4.69, 9.17) is 5.11 Å². The Morgan fingerprint density at radius 3 is 2.07 bits per heavy atom. The van der Waals surface area contributed by atoms with E-state index in [-0.39, 0.29) is 0 Å². The number of phenolic OH excluding ortho intramolecular Hbond substituents is 1. The van der Waals surface area contributed by atoms with E-state index in [2.05, 4.69) is 6.07 Å². The Bertz CT molecular complexity index is 389. The van der Waals surface area contributed by atoms with Gasteiger partial charge in [-0.25, -0.2) is 0 Å². The lowest BCUT2D eigenvalue weighted by molar-refractivity contribution is 0.475. The predicted octanol–water partition coefficient (Wildman–Crippen LogP) is 2.78. The van der Waals surface area contributed by atoms with E-state index < -0.39 is 0 Å². The van der Waals surface area contributed by atoms with Crippen LogP contribution in [0.25, 0.3) is 0 Å². The minimum absolute atomic E-state index is 0.315. The second-order valence-corrected chi connectivity index (χ2v) is 3.25. The van der Waals surface area contributed by atoms with Crippen molar-refractivity contribution in [2.45, 2.75) is 6.42 Å². The molecule has 14 heavy (non-hydrogen) atoms. The van der Waals surface area contributed by atoms with Gasteiger partial charge in [0.05, 0.1) is 0 Å². The second-order valence-electron chi connectivity index (χ2n) is 3.25. The van der Waals surface area contributed by atoms with E-state index >= 15 is 0 Å². The Kier molecular flexibility index (Phi) is 2.50. The zero-order valence-electron chi connectivity index (χ0n) is 7.77. The molecule has 0 aliphatic heterocycles. The lowest BCUT2D eigenvalue weighted by Crippen LogP contribution is -1.86. The number of hydrogen-bond donors (Lipinski definition) is 1. The maximum atomic E-state index is 9.12. The van der Waals surface area contributed by atoms with Crippen LogP contribution in [0.1, 0.15) is 11.1 Å². The number of rotatable bonds is 2. The monoisotopic (exact) mass is 183 g/mol. The molecule has 0 spiro atoms.